The molecule has 0 aliphatic carbocycles. The minimum absolute atomic E-state index is 0.0163. The number of nitrogens with one attached hydrogen (secondary N) is 2. The van der Waals surface area contributed by atoms with Crippen LogP contribution in [0.2, 0.25) is 0 Å². The molecule has 0 amide bonds. The van der Waals surface area contributed by atoms with Crippen LogP contribution in [0.15, 0.2) is 76.2 Å². The second kappa shape index (κ2) is 12.2. The Kier molecular flexibility index (Phi) is 8.39. The van der Waals surface area contributed by atoms with Crippen molar-refractivity contribution in [1.82, 2.24) is 9.97 Å². The van der Waals surface area contributed by atoms with Crippen LogP contribution in [0.25, 0.3) is 22.1 Å². The highest BCUT2D eigenvalue weighted by atomic mass is 19.1. The third kappa shape index (κ3) is 5.85. The highest BCUT2D eigenvalue weighted by molar-refractivity contribution is 6.16. The minimum atomic E-state index is -0.802. The van der Waals surface area contributed by atoms with Crippen molar-refractivity contribution in [2.45, 2.75) is 32.9 Å². The van der Waals surface area contributed by atoms with Crippen molar-refractivity contribution in [3.8, 4) is 16.9 Å². The fourth-order valence-corrected chi connectivity index (χ4v) is 4.91. The van der Waals surface area contributed by atoms with Gasteiger partial charge >= 0.3 is 0 Å². The number of ether oxygens (including phenoxy) is 1. The van der Waals surface area contributed by atoms with Crippen molar-refractivity contribution in [3.05, 3.63) is 112 Å². The first-order valence-corrected chi connectivity index (χ1v) is 13.8. The summed E-state index contributed by atoms with van der Waals surface area (Å²) < 4.78 is 55.6. The standard InChI is InChI=1S/C33H30F3N5O3/c1-17(2)43-24-13-12-20(15-23(24)36)29(37)28-32(38-16-39-33(28)41(4)5)40-18(3)31-26(19-8-6-9-21(34)14-19)30(42)27-22(35)10-7-11-25(27)44-31/h6-18,37H,1-5H3,(H,38,39,40). The Hall–Kier alpha value is -5.19. The summed E-state index contributed by atoms with van der Waals surface area (Å²) in [6.07, 6.45) is 1.07. The molecule has 0 spiro atoms. The summed E-state index contributed by atoms with van der Waals surface area (Å²) in [7, 11) is 3.48. The molecule has 0 saturated heterocycles. The molecule has 5 rings (SSSR count). The van der Waals surface area contributed by atoms with Gasteiger partial charge in [0.1, 0.15) is 46.3 Å². The molecule has 2 N–H and O–H groups in total. The lowest BCUT2D eigenvalue weighted by molar-refractivity contribution is 0.231. The topological polar surface area (TPSA) is 104 Å². The summed E-state index contributed by atoms with van der Waals surface area (Å²) in [4.78, 5) is 24.1. The molecule has 226 valence electrons. The van der Waals surface area contributed by atoms with Gasteiger partial charge in [-0.3, -0.25) is 10.2 Å². The van der Waals surface area contributed by atoms with E-state index >= 15 is 0 Å². The van der Waals surface area contributed by atoms with E-state index in [-0.39, 0.29) is 62.4 Å². The number of benzene rings is 3. The van der Waals surface area contributed by atoms with Crippen molar-refractivity contribution < 1.29 is 22.3 Å². The third-order valence-electron chi connectivity index (χ3n) is 6.84. The third-order valence-corrected chi connectivity index (χ3v) is 6.84. The summed E-state index contributed by atoms with van der Waals surface area (Å²) in [6.45, 7) is 5.26. The highest BCUT2D eigenvalue weighted by Gasteiger charge is 2.26. The van der Waals surface area contributed by atoms with Gasteiger partial charge in [-0.1, -0.05) is 18.2 Å². The lowest BCUT2D eigenvalue weighted by atomic mass is 9.98. The predicted molar refractivity (Wildman–Crippen MR) is 164 cm³/mol. The number of rotatable bonds is 9. The second-order valence-corrected chi connectivity index (χ2v) is 10.7. The molecule has 5 aromatic rings. The van der Waals surface area contributed by atoms with Gasteiger partial charge in [0.2, 0.25) is 5.43 Å². The van der Waals surface area contributed by atoms with Crippen molar-refractivity contribution in [3.63, 3.8) is 0 Å². The van der Waals surface area contributed by atoms with Gasteiger partial charge in [-0.2, -0.15) is 0 Å². The zero-order valence-corrected chi connectivity index (χ0v) is 24.7. The van der Waals surface area contributed by atoms with Crippen molar-refractivity contribution in [1.29, 1.82) is 5.41 Å². The predicted octanol–water partition coefficient (Wildman–Crippen LogP) is 7.11. The first-order chi connectivity index (χ1) is 21.0. The quantitative estimate of drug-likeness (QED) is 0.174. The number of fused-ring (bicyclic) bond motifs is 1. The maximum Gasteiger partial charge on any atom is 0.203 e. The van der Waals surface area contributed by atoms with Gasteiger partial charge in [0.15, 0.2) is 11.6 Å². The number of hydrogen-bond donors (Lipinski definition) is 2. The van der Waals surface area contributed by atoms with E-state index in [0.29, 0.717) is 5.82 Å². The molecular weight excluding hydrogens is 571 g/mol. The Balaban J connectivity index is 1.64. The average molecular weight is 602 g/mol. The van der Waals surface area contributed by atoms with E-state index in [4.69, 9.17) is 14.6 Å². The van der Waals surface area contributed by atoms with Crippen LogP contribution in [0.1, 0.15) is 43.7 Å². The van der Waals surface area contributed by atoms with Gasteiger partial charge < -0.3 is 19.4 Å². The first kappa shape index (κ1) is 30.3. The fourth-order valence-electron chi connectivity index (χ4n) is 4.91. The number of anilines is 2. The number of aromatic nitrogens is 2. The summed E-state index contributed by atoms with van der Waals surface area (Å²) in [6, 6.07) is 12.9. The average Bonchev–Trinajstić information content (AvgIpc) is 2.97. The normalized spacial score (nSPS) is 11.9. The van der Waals surface area contributed by atoms with Crippen LogP contribution in [0.5, 0.6) is 5.75 Å². The molecule has 8 nitrogen and oxygen atoms in total. The zero-order chi connectivity index (χ0) is 31.7. The monoisotopic (exact) mass is 601 g/mol. The molecule has 1 unspecified atom stereocenters. The lowest BCUT2D eigenvalue weighted by Crippen LogP contribution is -2.21. The van der Waals surface area contributed by atoms with Gasteiger partial charge in [-0.15, -0.1) is 0 Å². The smallest absolute Gasteiger partial charge is 0.203 e. The Labute approximate surface area is 251 Å². The minimum Gasteiger partial charge on any atom is -0.488 e. The van der Waals surface area contributed by atoms with Crippen LogP contribution < -0.4 is 20.4 Å². The lowest BCUT2D eigenvalue weighted by Gasteiger charge is -2.23. The van der Waals surface area contributed by atoms with E-state index in [1.165, 1.54) is 54.9 Å². The Bertz CT molecular complexity index is 1940. The molecule has 44 heavy (non-hydrogen) atoms. The van der Waals surface area contributed by atoms with E-state index in [1.54, 1.807) is 45.8 Å². The molecule has 0 bridgehead atoms. The van der Waals surface area contributed by atoms with Crippen LogP contribution in [0, 0.1) is 22.9 Å². The second-order valence-electron chi connectivity index (χ2n) is 10.7. The number of halogens is 3. The SMILES string of the molecule is CC(C)Oc1ccc(C(=N)c2c(NC(C)c3oc4cccc(F)c4c(=O)c3-c3cccc(F)c3)ncnc2N(C)C)cc1F. The molecule has 2 heterocycles. The summed E-state index contributed by atoms with van der Waals surface area (Å²) in [5.74, 6) is -1.25. The van der Waals surface area contributed by atoms with Crippen LogP contribution in [-0.2, 0) is 0 Å². The van der Waals surface area contributed by atoms with E-state index in [2.05, 4.69) is 15.3 Å². The summed E-state index contributed by atoms with van der Waals surface area (Å²) >= 11 is 0. The fraction of sp³-hybridized carbons (Fsp3) is 0.212. The van der Waals surface area contributed by atoms with Crippen LogP contribution in [0.4, 0.5) is 24.8 Å². The molecule has 0 aliphatic rings. The Morgan fingerprint density at radius 2 is 1.73 bits per heavy atom. The van der Waals surface area contributed by atoms with Gasteiger partial charge in [0.05, 0.1) is 29.0 Å². The number of nitrogens with zero attached hydrogens (tertiary/aromatic N) is 3. The molecule has 0 saturated carbocycles. The van der Waals surface area contributed by atoms with Crippen molar-refractivity contribution in [2.24, 2.45) is 0 Å². The molecule has 2 aromatic heterocycles. The van der Waals surface area contributed by atoms with E-state index < -0.39 is 28.9 Å². The van der Waals surface area contributed by atoms with Crippen LogP contribution >= 0.6 is 0 Å². The zero-order valence-electron chi connectivity index (χ0n) is 24.7. The summed E-state index contributed by atoms with van der Waals surface area (Å²) in [5, 5.41) is 12.0. The van der Waals surface area contributed by atoms with Crippen LogP contribution in [-0.4, -0.2) is 35.9 Å². The Morgan fingerprint density at radius 1 is 0.977 bits per heavy atom. The largest absolute Gasteiger partial charge is 0.488 e. The molecule has 0 aliphatic heterocycles. The number of hydrogen-bond acceptors (Lipinski definition) is 8. The van der Waals surface area contributed by atoms with Crippen molar-refractivity contribution in [2.75, 3.05) is 24.3 Å². The maximum atomic E-state index is 14.9. The molecule has 1 atom stereocenters. The molecule has 0 fully saturated rings. The van der Waals surface area contributed by atoms with Gasteiger partial charge in [0.25, 0.3) is 0 Å². The highest BCUT2D eigenvalue weighted by Crippen LogP contribution is 2.34. The van der Waals surface area contributed by atoms with Crippen molar-refractivity contribution >= 4 is 28.3 Å². The van der Waals surface area contributed by atoms with E-state index in [1.807, 2.05) is 0 Å². The first-order valence-electron chi connectivity index (χ1n) is 13.8. The van der Waals surface area contributed by atoms with E-state index in [9.17, 15) is 18.0 Å². The van der Waals surface area contributed by atoms with Crippen LogP contribution in [0.3, 0.4) is 0 Å². The van der Waals surface area contributed by atoms with Gasteiger partial charge in [0, 0.05) is 19.7 Å². The van der Waals surface area contributed by atoms with E-state index in [0.717, 1.165) is 6.07 Å². The Morgan fingerprint density at radius 3 is 2.41 bits per heavy atom. The maximum absolute atomic E-state index is 14.9. The summed E-state index contributed by atoms with van der Waals surface area (Å²) in [5.41, 5.74) is -0.0423. The molecular formula is C33H30F3N5O3. The molecule has 3 aromatic carbocycles. The van der Waals surface area contributed by atoms with Gasteiger partial charge in [-0.25, -0.2) is 23.1 Å². The molecule has 0 radical (unpaired) electrons. The van der Waals surface area contributed by atoms with Gasteiger partial charge in [-0.05, 0) is 68.8 Å². The molecule has 11 heteroatoms.